The van der Waals surface area contributed by atoms with Gasteiger partial charge < -0.3 is 0 Å². The van der Waals surface area contributed by atoms with E-state index in [1.807, 2.05) is 25.1 Å². The first-order valence-corrected chi connectivity index (χ1v) is 5.58. The van der Waals surface area contributed by atoms with Crippen LogP contribution in [0.25, 0.3) is 22.2 Å². The third kappa shape index (κ3) is 1.93. The van der Waals surface area contributed by atoms with Gasteiger partial charge in [-0.1, -0.05) is 0 Å². The summed E-state index contributed by atoms with van der Waals surface area (Å²) in [6, 6.07) is 10.3. The van der Waals surface area contributed by atoms with Crippen molar-refractivity contribution in [2.45, 2.75) is 6.92 Å². The largest absolute Gasteiger partial charge is 0.255 e. The minimum atomic E-state index is -0.280. The molecule has 4 heteroatoms. The molecular formula is C14H10FN3. The van der Waals surface area contributed by atoms with E-state index in [0.29, 0.717) is 5.52 Å². The van der Waals surface area contributed by atoms with Gasteiger partial charge in [0.25, 0.3) is 0 Å². The van der Waals surface area contributed by atoms with Crippen LogP contribution in [0.5, 0.6) is 0 Å². The molecular weight excluding hydrogens is 229 g/mol. The Morgan fingerprint density at radius 1 is 1.00 bits per heavy atom. The summed E-state index contributed by atoms with van der Waals surface area (Å²) in [7, 11) is 0. The first-order valence-electron chi connectivity index (χ1n) is 5.58. The highest BCUT2D eigenvalue weighted by atomic mass is 19.1. The summed E-state index contributed by atoms with van der Waals surface area (Å²) >= 11 is 0. The molecule has 0 spiro atoms. The molecule has 88 valence electrons. The van der Waals surface area contributed by atoms with Crippen molar-refractivity contribution >= 4 is 10.9 Å². The minimum Gasteiger partial charge on any atom is -0.255 e. The molecule has 0 bridgehead atoms. The lowest BCUT2D eigenvalue weighted by Crippen LogP contribution is -1.90. The van der Waals surface area contributed by atoms with Crippen molar-refractivity contribution in [2.75, 3.05) is 0 Å². The molecule has 1 aromatic carbocycles. The van der Waals surface area contributed by atoms with Gasteiger partial charge in [-0.3, -0.25) is 4.98 Å². The maximum atomic E-state index is 13.0. The quantitative estimate of drug-likeness (QED) is 0.654. The molecule has 0 radical (unpaired) electrons. The Hall–Kier alpha value is -2.36. The zero-order chi connectivity index (χ0) is 12.5. The van der Waals surface area contributed by atoms with Crippen LogP contribution in [-0.4, -0.2) is 15.2 Å². The van der Waals surface area contributed by atoms with Crippen LogP contribution in [0.15, 0.2) is 42.6 Å². The predicted molar refractivity (Wildman–Crippen MR) is 67.5 cm³/mol. The van der Waals surface area contributed by atoms with Gasteiger partial charge in [-0.05, 0) is 37.3 Å². The van der Waals surface area contributed by atoms with Crippen LogP contribution in [0.3, 0.4) is 0 Å². The highest BCUT2D eigenvalue weighted by Gasteiger charge is 2.03. The van der Waals surface area contributed by atoms with Crippen LogP contribution >= 0.6 is 0 Å². The smallest absolute Gasteiger partial charge is 0.125 e. The number of fused-ring (bicyclic) bond motifs is 1. The second-order valence-corrected chi connectivity index (χ2v) is 4.12. The molecule has 0 aliphatic carbocycles. The molecule has 2 heterocycles. The Kier molecular flexibility index (Phi) is 2.48. The average Bonchev–Trinajstić information content (AvgIpc) is 2.39. The average molecular weight is 239 g/mol. The van der Waals surface area contributed by atoms with Gasteiger partial charge >= 0.3 is 0 Å². The number of pyridine rings is 1. The van der Waals surface area contributed by atoms with Gasteiger partial charge in [-0.2, -0.15) is 10.2 Å². The fraction of sp³-hybridized carbons (Fsp3) is 0.0714. The molecule has 0 saturated heterocycles. The molecule has 0 fully saturated rings. The Morgan fingerprint density at radius 3 is 2.67 bits per heavy atom. The van der Waals surface area contributed by atoms with E-state index in [9.17, 15) is 4.39 Å². The number of hydrogen-bond acceptors (Lipinski definition) is 3. The lowest BCUT2D eigenvalue weighted by molar-refractivity contribution is 0.629. The second-order valence-electron chi connectivity index (χ2n) is 4.12. The summed E-state index contributed by atoms with van der Waals surface area (Å²) < 4.78 is 13.0. The van der Waals surface area contributed by atoms with Crippen LogP contribution in [0.4, 0.5) is 4.39 Å². The minimum absolute atomic E-state index is 0.280. The van der Waals surface area contributed by atoms with Crippen molar-refractivity contribution < 1.29 is 4.39 Å². The van der Waals surface area contributed by atoms with Crippen LogP contribution < -0.4 is 0 Å². The topological polar surface area (TPSA) is 38.7 Å². The molecule has 0 N–H and O–H groups in total. The SMILES string of the molecule is Cc1ccc(-c2cnc3cc(F)ccc3c2)nn1. The summed E-state index contributed by atoms with van der Waals surface area (Å²) in [6.45, 7) is 1.89. The highest BCUT2D eigenvalue weighted by Crippen LogP contribution is 2.21. The van der Waals surface area contributed by atoms with Crippen molar-refractivity contribution in [3.05, 3.63) is 54.1 Å². The number of rotatable bonds is 1. The van der Waals surface area contributed by atoms with E-state index >= 15 is 0 Å². The Morgan fingerprint density at radius 2 is 1.89 bits per heavy atom. The van der Waals surface area contributed by atoms with Crippen LogP contribution in [0.2, 0.25) is 0 Å². The Bertz CT molecular complexity index is 708. The van der Waals surface area contributed by atoms with E-state index < -0.39 is 0 Å². The molecule has 18 heavy (non-hydrogen) atoms. The first kappa shape index (κ1) is 10.8. The van der Waals surface area contributed by atoms with Gasteiger partial charge in [0.15, 0.2) is 0 Å². The number of aryl methyl sites for hydroxylation is 1. The maximum Gasteiger partial charge on any atom is 0.125 e. The standard InChI is InChI=1S/C14H10FN3/c1-9-2-5-13(18-17-9)11-6-10-3-4-12(15)7-14(10)16-8-11/h2-8H,1H3. The normalized spacial score (nSPS) is 10.8. The summed E-state index contributed by atoms with van der Waals surface area (Å²) in [4.78, 5) is 4.23. The van der Waals surface area contributed by atoms with Crippen molar-refractivity contribution in [1.82, 2.24) is 15.2 Å². The summed E-state index contributed by atoms with van der Waals surface area (Å²) in [5.74, 6) is -0.280. The monoisotopic (exact) mass is 239 g/mol. The van der Waals surface area contributed by atoms with Gasteiger partial charge in [-0.15, -0.1) is 0 Å². The molecule has 0 atom stereocenters. The Balaban J connectivity index is 2.13. The molecule has 0 amide bonds. The van der Waals surface area contributed by atoms with E-state index in [1.54, 1.807) is 12.3 Å². The fourth-order valence-electron chi connectivity index (χ4n) is 1.79. The molecule has 0 aliphatic rings. The zero-order valence-electron chi connectivity index (χ0n) is 9.76. The molecule has 0 saturated carbocycles. The molecule has 3 rings (SSSR count). The van der Waals surface area contributed by atoms with E-state index in [4.69, 9.17) is 0 Å². The summed E-state index contributed by atoms with van der Waals surface area (Å²) in [5.41, 5.74) is 3.15. The van der Waals surface area contributed by atoms with Crippen molar-refractivity contribution in [3.63, 3.8) is 0 Å². The summed E-state index contributed by atoms with van der Waals surface area (Å²) in [6.07, 6.45) is 1.68. The molecule has 0 unspecified atom stereocenters. The summed E-state index contributed by atoms with van der Waals surface area (Å²) in [5, 5.41) is 9.01. The number of benzene rings is 1. The lowest BCUT2D eigenvalue weighted by Gasteiger charge is -2.02. The second kappa shape index (κ2) is 4.14. The van der Waals surface area contributed by atoms with E-state index in [1.165, 1.54) is 12.1 Å². The van der Waals surface area contributed by atoms with E-state index in [-0.39, 0.29) is 5.82 Å². The third-order valence-electron chi connectivity index (χ3n) is 2.74. The first-order chi connectivity index (χ1) is 8.72. The molecule has 3 aromatic rings. The van der Waals surface area contributed by atoms with E-state index in [2.05, 4.69) is 15.2 Å². The molecule has 3 nitrogen and oxygen atoms in total. The van der Waals surface area contributed by atoms with Crippen LogP contribution in [0.1, 0.15) is 5.69 Å². The Labute approximate surface area is 103 Å². The third-order valence-corrected chi connectivity index (χ3v) is 2.74. The van der Waals surface area contributed by atoms with Gasteiger partial charge in [0.2, 0.25) is 0 Å². The zero-order valence-corrected chi connectivity index (χ0v) is 9.76. The van der Waals surface area contributed by atoms with Gasteiger partial charge in [0, 0.05) is 23.2 Å². The number of nitrogens with zero attached hydrogens (tertiary/aromatic N) is 3. The van der Waals surface area contributed by atoms with E-state index in [0.717, 1.165) is 22.3 Å². The lowest BCUT2D eigenvalue weighted by atomic mass is 10.1. The van der Waals surface area contributed by atoms with Crippen molar-refractivity contribution in [3.8, 4) is 11.3 Å². The van der Waals surface area contributed by atoms with Crippen molar-refractivity contribution in [1.29, 1.82) is 0 Å². The number of hydrogen-bond donors (Lipinski definition) is 0. The number of aromatic nitrogens is 3. The van der Waals surface area contributed by atoms with Gasteiger partial charge in [-0.25, -0.2) is 4.39 Å². The molecule has 0 aliphatic heterocycles. The number of halogens is 1. The maximum absolute atomic E-state index is 13.0. The van der Waals surface area contributed by atoms with Crippen molar-refractivity contribution in [2.24, 2.45) is 0 Å². The highest BCUT2D eigenvalue weighted by molar-refractivity contribution is 5.82. The van der Waals surface area contributed by atoms with Gasteiger partial charge in [0.1, 0.15) is 5.82 Å². The van der Waals surface area contributed by atoms with Crippen LogP contribution in [-0.2, 0) is 0 Å². The fourth-order valence-corrected chi connectivity index (χ4v) is 1.79. The molecule has 2 aromatic heterocycles. The van der Waals surface area contributed by atoms with Crippen LogP contribution in [0, 0.1) is 12.7 Å². The predicted octanol–water partition coefficient (Wildman–Crippen LogP) is 3.14. The van der Waals surface area contributed by atoms with Gasteiger partial charge in [0.05, 0.1) is 16.9 Å².